The van der Waals surface area contributed by atoms with E-state index in [2.05, 4.69) is 44.2 Å². The fourth-order valence-corrected chi connectivity index (χ4v) is 5.90. The molecule has 0 atom stereocenters. The molecule has 0 saturated heterocycles. The maximum absolute atomic E-state index is 15.0. The highest BCUT2D eigenvalue weighted by molar-refractivity contribution is 5.84. The van der Waals surface area contributed by atoms with Crippen LogP contribution in [-0.2, 0) is 6.42 Å². The summed E-state index contributed by atoms with van der Waals surface area (Å²) in [5.74, 6) is 0.231. The van der Waals surface area contributed by atoms with Gasteiger partial charge < -0.3 is 14.6 Å². The molecule has 2 aromatic carbocycles. The Labute approximate surface area is 215 Å². The summed E-state index contributed by atoms with van der Waals surface area (Å²) in [5, 5.41) is 1.25. The van der Waals surface area contributed by atoms with Gasteiger partial charge in [-0.1, -0.05) is 25.3 Å². The minimum absolute atomic E-state index is 0.103. The zero-order valence-electron chi connectivity index (χ0n) is 21.4. The number of anilines is 1. The number of fused-ring (bicyclic) bond motifs is 2. The summed E-state index contributed by atoms with van der Waals surface area (Å²) < 4.78 is 35.6. The molecule has 1 aliphatic heterocycles. The highest BCUT2D eigenvalue weighted by Gasteiger charge is 2.26. The summed E-state index contributed by atoms with van der Waals surface area (Å²) in [5.41, 5.74) is 4.70. The van der Waals surface area contributed by atoms with Crippen LogP contribution in [0.15, 0.2) is 42.7 Å². The van der Waals surface area contributed by atoms with Crippen LogP contribution in [0.5, 0.6) is 5.75 Å². The number of hydrogen-bond donors (Lipinski definition) is 1. The maximum atomic E-state index is 15.0. The van der Waals surface area contributed by atoms with Gasteiger partial charge in [-0.25, -0.2) is 18.7 Å². The number of H-pyrrole nitrogens is 1. The van der Waals surface area contributed by atoms with E-state index in [0.717, 1.165) is 11.1 Å². The number of ether oxygens (including phenoxy) is 1. The van der Waals surface area contributed by atoms with Crippen LogP contribution in [-0.4, -0.2) is 34.1 Å². The largest absolute Gasteiger partial charge is 0.486 e. The fourth-order valence-electron chi connectivity index (χ4n) is 5.90. The number of hydrogen-bond acceptors (Lipinski definition) is 4. The molecule has 2 aliphatic rings. The first-order valence-electron chi connectivity index (χ1n) is 13.3. The molecule has 0 unspecified atom stereocenters. The average molecular weight is 503 g/mol. The Morgan fingerprint density at radius 1 is 1.08 bits per heavy atom. The molecule has 0 bridgehead atoms. The van der Waals surface area contributed by atoms with Crippen LogP contribution in [0.3, 0.4) is 0 Å². The van der Waals surface area contributed by atoms with Crippen molar-refractivity contribution in [1.29, 1.82) is 0 Å². The Morgan fingerprint density at radius 2 is 1.92 bits per heavy atom. The van der Waals surface area contributed by atoms with Gasteiger partial charge in [0.15, 0.2) is 17.4 Å². The molecule has 1 N–H and O–H groups in total. The van der Waals surface area contributed by atoms with Gasteiger partial charge in [0.25, 0.3) is 0 Å². The molecule has 1 aliphatic carbocycles. The number of halogens is 2. The molecule has 2 aromatic heterocycles. The highest BCUT2D eigenvalue weighted by Crippen LogP contribution is 2.40. The molecule has 4 aromatic rings. The Balaban J connectivity index is 1.33. The van der Waals surface area contributed by atoms with E-state index >= 15 is 4.39 Å². The van der Waals surface area contributed by atoms with E-state index in [-0.39, 0.29) is 17.5 Å². The first kappa shape index (κ1) is 23.9. The molecular formula is C30H32F2N4O. The van der Waals surface area contributed by atoms with Crippen molar-refractivity contribution >= 4 is 16.6 Å². The standard InChI is InChI=1S/C30H32F2N4O/c1-18(2)36-10-11-37-30-24(31)14-21(15-27(30)36)29-25(32)17-34-28(35-29)13-19-8-9-26-22(12-19)23(16-33-26)20-6-4-3-5-7-20/h8-9,12,14-18,20,33H,3-7,10-11,13H2,1-2H3. The molecular weight excluding hydrogens is 470 g/mol. The van der Waals surface area contributed by atoms with Crippen LogP contribution in [0.2, 0.25) is 0 Å². The van der Waals surface area contributed by atoms with Gasteiger partial charge in [0, 0.05) is 35.1 Å². The topological polar surface area (TPSA) is 54.0 Å². The van der Waals surface area contributed by atoms with Gasteiger partial charge in [-0.15, -0.1) is 0 Å². The average Bonchev–Trinajstić information content (AvgIpc) is 3.33. The number of aromatic nitrogens is 3. The minimum atomic E-state index is -0.573. The van der Waals surface area contributed by atoms with Gasteiger partial charge in [-0.05, 0) is 68.0 Å². The Hall–Kier alpha value is -3.48. The van der Waals surface area contributed by atoms with Gasteiger partial charge in [0.2, 0.25) is 0 Å². The molecule has 1 fully saturated rings. The summed E-state index contributed by atoms with van der Waals surface area (Å²) in [4.78, 5) is 14.3. The molecule has 3 heterocycles. The van der Waals surface area contributed by atoms with Crippen molar-refractivity contribution in [2.75, 3.05) is 18.1 Å². The predicted octanol–water partition coefficient (Wildman–Crippen LogP) is 7.15. The van der Waals surface area contributed by atoms with Crippen LogP contribution in [0, 0.1) is 11.6 Å². The number of nitrogens with one attached hydrogen (secondary N) is 1. The van der Waals surface area contributed by atoms with Crippen molar-refractivity contribution in [3.05, 3.63) is 71.3 Å². The molecule has 1 saturated carbocycles. The summed E-state index contributed by atoms with van der Waals surface area (Å²) in [6, 6.07) is 9.60. The summed E-state index contributed by atoms with van der Waals surface area (Å²) in [6.07, 6.45) is 10.2. The van der Waals surface area contributed by atoms with Crippen LogP contribution in [0.4, 0.5) is 14.5 Å². The lowest BCUT2D eigenvalue weighted by Gasteiger charge is -2.34. The van der Waals surface area contributed by atoms with Gasteiger partial charge >= 0.3 is 0 Å². The minimum Gasteiger partial charge on any atom is -0.486 e. The molecule has 37 heavy (non-hydrogen) atoms. The number of nitrogens with zero attached hydrogens (tertiary/aromatic N) is 3. The van der Waals surface area contributed by atoms with Crippen molar-refractivity contribution < 1.29 is 13.5 Å². The monoisotopic (exact) mass is 502 g/mol. The molecule has 6 rings (SSSR count). The van der Waals surface area contributed by atoms with Crippen LogP contribution in [0.1, 0.15) is 68.8 Å². The van der Waals surface area contributed by atoms with E-state index < -0.39 is 11.6 Å². The SMILES string of the molecule is CC(C)N1CCOc2c(F)cc(-c3nc(Cc4ccc5[nH]cc(C6CCCCC6)c5c4)ncc3F)cc21. The maximum Gasteiger partial charge on any atom is 0.178 e. The third kappa shape index (κ3) is 4.56. The second-order valence-corrected chi connectivity index (χ2v) is 10.6. The second kappa shape index (κ2) is 9.77. The number of benzene rings is 2. The van der Waals surface area contributed by atoms with Gasteiger partial charge in [-0.3, -0.25) is 0 Å². The van der Waals surface area contributed by atoms with E-state index in [1.807, 2.05) is 13.8 Å². The summed E-state index contributed by atoms with van der Waals surface area (Å²) in [7, 11) is 0. The van der Waals surface area contributed by atoms with Gasteiger partial charge in [0.1, 0.15) is 18.1 Å². The van der Waals surface area contributed by atoms with Crippen molar-refractivity contribution in [3.63, 3.8) is 0 Å². The quantitative estimate of drug-likeness (QED) is 0.315. The number of aromatic amines is 1. The number of rotatable bonds is 5. The highest BCUT2D eigenvalue weighted by atomic mass is 19.1. The molecule has 7 heteroatoms. The van der Waals surface area contributed by atoms with Crippen molar-refractivity contribution in [1.82, 2.24) is 15.0 Å². The lowest BCUT2D eigenvalue weighted by atomic mass is 9.84. The molecule has 0 amide bonds. The Kier molecular flexibility index (Phi) is 6.31. The van der Waals surface area contributed by atoms with Crippen LogP contribution in [0.25, 0.3) is 22.2 Å². The summed E-state index contributed by atoms with van der Waals surface area (Å²) >= 11 is 0. The van der Waals surface area contributed by atoms with E-state index in [1.165, 1.54) is 55.3 Å². The Bertz CT molecular complexity index is 1440. The van der Waals surface area contributed by atoms with Crippen LogP contribution < -0.4 is 9.64 Å². The zero-order valence-corrected chi connectivity index (χ0v) is 21.4. The molecule has 5 nitrogen and oxygen atoms in total. The smallest absolute Gasteiger partial charge is 0.178 e. The van der Waals surface area contributed by atoms with E-state index in [0.29, 0.717) is 42.6 Å². The fraction of sp³-hybridized carbons (Fsp3) is 0.400. The lowest BCUT2D eigenvalue weighted by molar-refractivity contribution is 0.287. The normalized spacial score (nSPS) is 16.3. The van der Waals surface area contributed by atoms with E-state index in [9.17, 15) is 4.39 Å². The van der Waals surface area contributed by atoms with Crippen LogP contribution >= 0.6 is 0 Å². The van der Waals surface area contributed by atoms with Crippen molar-refractivity contribution in [2.45, 2.75) is 64.3 Å². The third-order valence-electron chi connectivity index (χ3n) is 7.79. The predicted molar refractivity (Wildman–Crippen MR) is 142 cm³/mol. The van der Waals surface area contributed by atoms with Gasteiger partial charge in [0.05, 0.1) is 18.4 Å². The third-order valence-corrected chi connectivity index (χ3v) is 7.79. The molecule has 0 spiro atoms. The van der Waals surface area contributed by atoms with Gasteiger partial charge in [-0.2, -0.15) is 0 Å². The van der Waals surface area contributed by atoms with Crippen molar-refractivity contribution in [3.8, 4) is 17.0 Å². The first-order valence-corrected chi connectivity index (χ1v) is 13.3. The summed E-state index contributed by atoms with van der Waals surface area (Å²) in [6.45, 7) is 5.16. The van der Waals surface area contributed by atoms with E-state index in [4.69, 9.17) is 4.74 Å². The lowest BCUT2D eigenvalue weighted by Crippen LogP contribution is -2.38. The zero-order chi connectivity index (χ0) is 25.5. The molecule has 0 radical (unpaired) electrons. The second-order valence-electron chi connectivity index (χ2n) is 10.6. The van der Waals surface area contributed by atoms with Crippen molar-refractivity contribution in [2.24, 2.45) is 0 Å². The first-order chi connectivity index (χ1) is 18.0. The molecule has 192 valence electrons. The van der Waals surface area contributed by atoms with E-state index in [1.54, 1.807) is 6.07 Å². The Morgan fingerprint density at radius 3 is 2.73 bits per heavy atom.